The van der Waals surface area contributed by atoms with E-state index < -0.39 is 23.5 Å². The Balaban J connectivity index is 1.53. The number of hydrogen-bond acceptors (Lipinski definition) is 3. The lowest BCUT2D eigenvalue weighted by atomic mass is 10.1. The average Bonchev–Trinajstić information content (AvgIpc) is 2.98. The van der Waals surface area contributed by atoms with E-state index in [9.17, 15) is 18.8 Å². The molecule has 3 amide bonds. The molecule has 0 spiro atoms. The van der Waals surface area contributed by atoms with Gasteiger partial charge in [-0.1, -0.05) is 36.4 Å². The number of nitrogens with zero attached hydrogens (tertiary/aromatic N) is 1. The van der Waals surface area contributed by atoms with E-state index in [1.807, 2.05) is 0 Å². The van der Waals surface area contributed by atoms with Gasteiger partial charge in [0.25, 0.3) is 11.8 Å². The molecular formula is C23H15FN2O3. The van der Waals surface area contributed by atoms with Crippen molar-refractivity contribution in [1.82, 2.24) is 0 Å². The van der Waals surface area contributed by atoms with Crippen molar-refractivity contribution in [1.29, 1.82) is 0 Å². The quantitative estimate of drug-likeness (QED) is 0.538. The molecule has 1 N–H and O–H groups in total. The molecule has 142 valence electrons. The van der Waals surface area contributed by atoms with E-state index in [1.165, 1.54) is 24.3 Å². The Kier molecular flexibility index (Phi) is 4.75. The number of benzene rings is 3. The van der Waals surface area contributed by atoms with E-state index in [1.54, 1.807) is 60.7 Å². The molecule has 1 aliphatic rings. The summed E-state index contributed by atoms with van der Waals surface area (Å²) >= 11 is 0. The second-order valence-electron chi connectivity index (χ2n) is 6.39. The Morgan fingerprint density at radius 3 is 2.21 bits per heavy atom. The fourth-order valence-corrected chi connectivity index (χ4v) is 3.11. The molecule has 3 aromatic carbocycles. The Bertz CT molecular complexity index is 1140. The molecule has 0 bridgehead atoms. The first-order valence-corrected chi connectivity index (χ1v) is 8.86. The van der Waals surface area contributed by atoms with Crippen LogP contribution in [0.25, 0.3) is 6.08 Å². The van der Waals surface area contributed by atoms with Gasteiger partial charge in [-0.15, -0.1) is 0 Å². The zero-order valence-electron chi connectivity index (χ0n) is 15.1. The molecule has 0 aliphatic carbocycles. The highest BCUT2D eigenvalue weighted by Crippen LogP contribution is 2.29. The van der Waals surface area contributed by atoms with Crippen LogP contribution in [0.1, 0.15) is 26.3 Å². The second-order valence-corrected chi connectivity index (χ2v) is 6.39. The van der Waals surface area contributed by atoms with Crippen LogP contribution in [0.2, 0.25) is 0 Å². The number of anilines is 2. The SMILES string of the molecule is O=C(/C=C/c1ccccc1F)Nc1cccc(N2C(=O)c3ccccc3C2=O)c1. The summed E-state index contributed by atoms with van der Waals surface area (Å²) in [5.41, 5.74) is 1.75. The predicted octanol–water partition coefficient (Wildman–Crippen LogP) is 4.28. The fourth-order valence-electron chi connectivity index (χ4n) is 3.11. The number of carbonyl (C=O) groups is 3. The first-order chi connectivity index (χ1) is 14.0. The number of carbonyl (C=O) groups excluding carboxylic acids is 3. The Hall–Kier alpha value is -4.06. The van der Waals surface area contributed by atoms with Crippen LogP contribution in [0.4, 0.5) is 15.8 Å². The van der Waals surface area contributed by atoms with Crippen LogP contribution < -0.4 is 10.2 Å². The molecule has 29 heavy (non-hydrogen) atoms. The van der Waals surface area contributed by atoms with Gasteiger partial charge in [-0.2, -0.15) is 0 Å². The first-order valence-electron chi connectivity index (χ1n) is 8.86. The molecule has 1 aliphatic heterocycles. The van der Waals surface area contributed by atoms with Gasteiger partial charge in [-0.25, -0.2) is 9.29 Å². The van der Waals surface area contributed by atoms with E-state index in [0.29, 0.717) is 28.1 Å². The van der Waals surface area contributed by atoms with Gasteiger partial charge in [0.2, 0.25) is 5.91 Å². The Labute approximate surface area is 166 Å². The molecule has 0 unspecified atom stereocenters. The lowest BCUT2D eigenvalue weighted by Gasteiger charge is -2.15. The standard InChI is InChI=1S/C23H15FN2O3/c24-20-11-4-1-6-15(20)12-13-21(27)25-16-7-5-8-17(14-16)26-22(28)18-9-2-3-10-19(18)23(26)29/h1-14H,(H,25,27)/b13-12+. The Morgan fingerprint density at radius 1 is 0.862 bits per heavy atom. The molecule has 3 aromatic rings. The zero-order chi connectivity index (χ0) is 20.4. The van der Waals surface area contributed by atoms with Crippen LogP contribution in [-0.2, 0) is 4.79 Å². The van der Waals surface area contributed by atoms with Gasteiger partial charge < -0.3 is 5.32 Å². The van der Waals surface area contributed by atoms with E-state index in [4.69, 9.17) is 0 Å². The second kappa shape index (κ2) is 7.52. The molecule has 0 saturated heterocycles. The van der Waals surface area contributed by atoms with Crippen molar-refractivity contribution < 1.29 is 18.8 Å². The summed E-state index contributed by atoms with van der Waals surface area (Å²) in [6.07, 6.45) is 2.59. The summed E-state index contributed by atoms with van der Waals surface area (Å²) in [6.45, 7) is 0. The summed E-state index contributed by atoms with van der Waals surface area (Å²) < 4.78 is 13.6. The smallest absolute Gasteiger partial charge is 0.266 e. The van der Waals surface area contributed by atoms with Gasteiger partial charge in [0, 0.05) is 17.3 Å². The summed E-state index contributed by atoms with van der Waals surface area (Å²) in [5, 5.41) is 2.65. The van der Waals surface area contributed by atoms with Gasteiger partial charge >= 0.3 is 0 Å². The maximum atomic E-state index is 13.6. The highest BCUT2D eigenvalue weighted by molar-refractivity contribution is 6.34. The number of amides is 3. The largest absolute Gasteiger partial charge is 0.322 e. The number of halogens is 1. The maximum Gasteiger partial charge on any atom is 0.266 e. The number of fused-ring (bicyclic) bond motifs is 1. The minimum Gasteiger partial charge on any atom is -0.322 e. The van der Waals surface area contributed by atoms with Gasteiger partial charge in [0.05, 0.1) is 16.8 Å². The number of rotatable bonds is 4. The highest BCUT2D eigenvalue weighted by Gasteiger charge is 2.36. The first kappa shape index (κ1) is 18.3. The lowest BCUT2D eigenvalue weighted by molar-refractivity contribution is -0.111. The minimum atomic E-state index is -0.465. The van der Waals surface area contributed by atoms with Crippen molar-refractivity contribution in [3.63, 3.8) is 0 Å². The van der Waals surface area contributed by atoms with Crippen LogP contribution in [0.5, 0.6) is 0 Å². The molecule has 0 aromatic heterocycles. The van der Waals surface area contributed by atoms with Crippen molar-refractivity contribution >= 4 is 35.2 Å². The number of hydrogen-bond donors (Lipinski definition) is 1. The van der Waals surface area contributed by atoms with Crippen molar-refractivity contribution in [3.05, 3.63) is 101 Å². The summed E-state index contributed by atoms with van der Waals surface area (Å²) in [6, 6.07) is 19.1. The minimum absolute atomic E-state index is 0.294. The molecule has 6 heteroatoms. The molecule has 4 rings (SSSR count). The molecule has 0 radical (unpaired) electrons. The van der Waals surface area contributed by atoms with E-state index >= 15 is 0 Å². The summed E-state index contributed by atoms with van der Waals surface area (Å²) in [7, 11) is 0. The van der Waals surface area contributed by atoms with Crippen LogP contribution in [0, 0.1) is 5.82 Å². The molecule has 0 atom stereocenters. The van der Waals surface area contributed by atoms with Crippen molar-refractivity contribution in [2.75, 3.05) is 10.2 Å². The molecule has 0 saturated carbocycles. The Morgan fingerprint density at radius 2 is 1.52 bits per heavy atom. The van der Waals surface area contributed by atoms with Gasteiger partial charge in [0.1, 0.15) is 5.82 Å². The third-order valence-corrected chi connectivity index (χ3v) is 4.49. The van der Waals surface area contributed by atoms with Crippen LogP contribution >= 0.6 is 0 Å². The van der Waals surface area contributed by atoms with Gasteiger partial charge in [0.15, 0.2) is 0 Å². The van der Waals surface area contributed by atoms with Crippen LogP contribution in [0.3, 0.4) is 0 Å². The molecule has 5 nitrogen and oxygen atoms in total. The lowest BCUT2D eigenvalue weighted by Crippen LogP contribution is -2.29. The monoisotopic (exact) mass is 386 g/mol. The van der Waals surface area contributed by atoms with E-state index in [-0.39, 0.29) is 0 Å². The third kappa shape index (κ3) is 3.55. The molecular weight excluding hydrogens is 371 g/mol. The van der Waals surface area contributed by atoms with Crippen molar-refractivity contribution in [2.24, 2.45) is 0 Å². The topological polar surface area (TPSA) is 66.5 Å². The van der Waals surface area contributed by atoms with Crippen molar-refractivity contribution in [3.8, 4) is 0 Å². The number of nitrogens with one attached hydrogen (secondary N) is 1. The summed E-state index contributed by atoms with van der Waals surface area (Å²) in [4.78, 5) is 38.5. The average molecular weight is 386 g/mol. The predicted molar refractivity (Wildman–Crippen MR) is 108 cm³/mol. The fraction of sp³-hybridized carbons (Fsp3) is 0. The van der Waals surface area contributed by atoms with Gasteiger partial charge in [-0.05, 0) is 42.5 Å². The molecule has 0 fully saturated rings. The highest BCUT2D eigenvalue weighted by atomic mass is 19.1. The van der Waals surface area contributed by atoms with Crippen LogP contribution in [-0.4, -0.2) is 17.7 Å². The zero-order valence-corrected chi connectivity index (χ0v) is 15.1. The van der Waals surface area contributed by atoms with E-state index in [2.05, 4.69) is 5.32 Å². The third-order valence-electron chi connectivity index (χ3n) is 4.49. The normalized spacial score (nSPS) is 13.1. The maximum absolute atomic E-state index is 13.6. The van der Waals surface area contributed by atoms with Crippen LogP contribution in [0.15, 0.2) is 78.9 Å². The number of imide groups is 1. The molecule has 1 heterocycles. The summed E-state index contributed by atoms with van der Waals surface area (Å²) in [5.74, 6) is -1.71. The van der Waals surface area contributed by atoms with Crippen molar-refractivity contribution in [2.45, 2.75) is 0 Å². The van der Waals surface area contributed by atoms with Gasteiger partial charge in [-0.3, -0.25) is 14.4 Å². The van der Waals surface area contributed by atoms with E-state index in [0.717, 1.165) is 4.90 Å².